The molecule has 0 aromatic carbocycles. The van der Waals surface area contributed by atoms with Gasteiger partial charge < -0.3 is 5.32 Å². The van der Waals surface area contributed by atoms with Crippen molar-refractivity contribution < 1.29 is 0 Å². The smallest absolute Gasteiger partial charge is 0.0406 e. The van der Waals surface area contributed by atoms with Gasteiger partial charge in [-0.25, -0.2) is 0 Å². The molecule has 3 unspecified atom stereocenters. The van der Waals surface area contributed by atoms with Crippen molar-refractivity contribution in [3.8, 4) is 0 Å². The zero-order chi connectivity index (χ0) is 10.3. The Balaban J connectivity index is 1.50. The summed E-state index contributed by atoms with van der Waals surface area (Å²) in [5.41, 5.74) is 0.337. The number of halogens is 1. The van der Waals surface area contributed by atoms with Crippen molar-refractivity contribution in [1.29, 1.82) is 0 Å². The van der Waals surface area contributed by atoms with Gasteiger partial charge in [0, 0.05) is 11.4 Å². The van der Waals surface area contributed by atoms with E-state index < -0.39 is 0 Å². The SMILES string of the molecule is ClCC1(NCC2CC3CCC2C3)CCC1. The molecule has 0 spiro atoms. The molecular formula is C13H22ClN. The molecule has 0 heterocycles. The van der Waals surface area contributed by atoms with Crippen LogP contribution in [0.25, 0.3) is 0 Å². The molecule has 3 atom stereocenters. The summed E-state index contributed by atoms with van der Waals surface area (Å²) >= 11 is 6.06. The second-order valence-electron chi connectivity index (χ2n) is 6.08. The normalized spacial score (nSPS) is 41.8. The second-order valence-corrected chi connectivity index (χ2v) is 6.35. The van der Waals surface area contributed by atoms with Gasteiger partial charge in [0.2, 0.25) is 0 Å². The zero-order valence-electron chi connectivity index (χ0n) is 9.47. The van der Waals surface area contributed by atoms with Crippen molar-refractivity contribution in [2.75, 3.05) is 12.4 Å². The minimum Gasteiger partial charge on any atom is -0.310 e. The fourth-order valence-electron chi connectivity index (χ4n) is 3.94. The lowest BCUT2D eigenvalue weighted by molar-refractivity contribution is 0.186. The van der Waals surface area contributed by atoms with Gasteiger partial charge in [0.1, 0.15) is 0 Å². The van der Waals surface area contributed by atoms with E-state index in [2.05, 4.69) is 5.32 Å². The van der Waals surface area contributed by atoms with Crippen molar-refractivity contribution in [1.82, 2.24) is 5.32 Å². The largest absolute Gasteiger partial charge is 0.310 e. The first-order valence-electron chi connectivity index (χ1n) is 6.62. The first kappa shape index (κ1) is 10.4. The third-order valence-corrected chi connectivity index (χ3v) is 5.70. The predicted octanol–water partition coefficient (Wildman–Crippen LogP) is 3.17. The Kier molecular flexibility index (Phi) is 2.72. The molecule has 1 N–H and O–H groups in total. The molecule has 0 aliphatic heterocycles. The molecule has 15 heavy (non-hydrogen) atoms. The molecule has 0 radical (unpaired) electrons. The average molecular weight is 228 g/mol. The Morgan fingerprint density at radius 2 is 2.07 bits per heavy atom. The van der Waals surface area contributed by atoms with Crippen LogP contribution in [0.3, 0.4) is 0 Å². The molecule has 1 nitrogen and oxygen atoms in total. The Labute approximate surface area is 98.0 Å². The van der Waals surface area contributed by atoms with Crippen LogP contribution in [0.15, 0.2) is 0 Å². The van der Waals surface area contributed by atoms with Gasteiger partial charge in [-0.1, -0.05) is 6.42 Å². The molecule has 3 aliphatic rings. The molecule has 0 saturated heterocycles. The van der Waals surface area contributed by atoms with Gasteiger partial charge in [0.25, 0.3) is 0 Å². The summed E-state index contributed by atoms with van der Waals surface area (Å²) in [4.78, 5) is 0. The van der Waals surface area contributed by atoms with Crippen LogP contribution in [-0.4, -0.2) is 18.0 Å². The molecule has 0 aromatic rings. The van der Waals surface area contributed by atoms with Gasteiger partial charge in [-0.05, 0) is 62.8 Å². The Hall–Kier alpha value is 0.250. The van der Waals surface area contributed by atoms with E-state index in [-0.39, 0.29) is 0 Å². The van der Waals surface area contributed by atoms with Gasteiger partial charge >= 0.3 is 0 Å². The zero-order valence-corrected chi connectivity index (χ0v) is 10.2. The van der Waals surface area contributed by atoms with Crippen molar-refractivity contribution in [2.24, 2.45) is 17.8 Å². The summed E-state index contributed by atoms with van der Waals surface area (Å²) in [6.45, 7) is 1.24. The molecule has 0 aromatic heterocycles. The number of hydrogen-bond acceptors (Lipinski definition) is 1. The number of alkyl halides is 1. The molecule has 3 rings (SSSR count). The molecule has 86 valence electrons. The minimum atomic E-state index is 0.337. The van der Waals surface area contributed by atoms with Crippen LogP contribution in [0.2, 0.25) is 0 Å². The lowest BCUT2D eigenvalue weighted by atomic mass is 9.77. The van der Waals surface area contributed by atoms with Gasteiger partial charge in [0.05, 0.1) is 0 Å². The van der Waals surface area contributed by atoms with E-state index in [1.54, 1.807) is 0 Å². The molecule has 3 fully saturated rings. The summed E-state index contributed by atoms with van der Waals surface area (Å²) in [7, 11) is 0. The fourth-order valence-corrected chi connectivity index (χ4v) is 4.30. The summed E-state index contributed by atoms with van der Waals surface area (Å²) < 4.78 is 0. The van der Waals surface area contributed by atoms with E-state index in [4.69, 9.17) is 11.6 Å². The lowest BCUT2D eigenvalue weighted by Gasteiger charge is -2.42. The topological polar surface area (TPSA) is 12.0 Å². The predicted molar refractivity (Wildman–Crippen MR) is 64.2 cm³/mol. The first-order valence-corrected chi connectivity index (χ1v) is 7.16. The van der Waals surface area contributed by atoms with E-state index in [1.807, 2.05) is 0 Å². The van der Waals surface area contributed by atoms with E-state index >= 15 is 0 Å². The maximum absolute atomic E-state index is 6.06. The van der Waals surface area contributed by atoms with Crippen LogP contribution in [0.4, 0.5) is 0 Å². The van der Waals surface area contributed by atoms with Crippen LogP contribution in [0, 0.1) is 17.8 Å². The molecule has 3 saturated carbocycles. The highest BCUT2D eigenvalue weighted by Gasteiger charge is 2.41. The van der Waals surface area contributed by atoms with E-state index in [1.165, 1.54) is 51.5 Å². The van der Waals surface area contributed by atoms with Crippen LogP contribution in [-0.2, 0) is 0 Å². The van der Waals surface area contributed by atoms with Crippen LogP contribution in [0.1, 0.15) is 44.9 Å². The average Bonchev–Trinajstić information content (AvgIpc) is 2.78. The van der Waals surface area contributed by atoms with E-state index in [0.717, 1.165) is 23.6 Å². The number of hydrogen-bond donors (Lipinski definition) is 1. The minimum absolute atomic E-state index is 0.337. The summed E-state index contributed by atoms with van der Waals surface area (Å²) in [6.07, 6.45) is 10.0. The Morgan fingerprint density at radius 1 is 1.20 bits per heavy atom. The van der Waals surface area contributed by atoms with Crippen LogP contribution >= 0.6 is 11.6 Å². The van der Waals surface area contributed by atoms with E-state index in [9.17, 15) is 0 Å². The second kappa shape index (κ2) is 3.92. The number of nitrogens with one attached hydrogen (secondary N) is 1. The van der Waals surface area contributed by atoms with Gasteiger partial charge in [0.15, 0.2) is 0 Å². The quantitative estimate of drug-likeness (QED) is 0.728. The molecule has 0 amide bonds. The van der Waals surface area contributed by atoms with Gasteiger partial charge in [-0.15, -0.1) is 11.6 Å². The fraction of sp³-hybridized carbons (Fsp3) is 1.00. The van der Waals surface area contributed by atoms with Crippen LogP contribution < -0.4 is 5.32 Å². The van der Waals surface area contributed by atoms with Crippen molar-refractivity contribution in [3.63, 3.8) is 0 Å². The number of rotatable bonds is 4. The van der Waals surface area contributed by atoms with Crippen molar-refractivity contribution in [2.45, 2.75) is 50.5 Å². The highest BCUT2D eigenvalue weighted by molar-refractivity contribution is 6.18. The molecular weight excluding hydrogens is 206 g/mol. The standard InChI is InChI=1S/C13H22ClN/c14-9-13(4-1-5-13)15-8-12-7-10-2-3-11(12)6-10/h10-12,15H,1-9H2. The van der Waals surface area contributed by atoms with Gasteiger partial charge in [-0.3, -0.25) is 0 Å². The van der Waals surface area contributed by atoms with Crippen LogP contribution in [0.5, 0.6) is 0 Å². The number of fused-ring (bicyclic) bond motifs is 2. The summed E-state index contributed by atoms with van der Waals surface area (Å²) in [5.74, 6) is 3.92. The third-order valence-electron chi connectivity index (χ3n) is 5.19. The summed E-state index contributed by atoms with van der Waals surface area (Å²) in [6, 6.07) is 0. The van der Waals surface area contributed by atoms with Crippen molar-refractivity contribution in [3.05, 3.63) is 0 Å². The summed E-state index contributed by atoms with van der Waals surface area (Å²) in [5, 5.41) is 3.78. The molecule has 3 aliphatic carbocycles. The Bertz CT molecular complexity index is 231. The lowest BCUT2D eigenvalue weighted by Crippen LogP contribution is -2.54. The maximum Gasteiger partial charge on any atom is 0.0406 e. The first-order chi connectivity index (χ1) is 7.31. The van der Waals surface area contributed by atoms with Crippen molar-refractivity contribution >= 4 is 11.6 Å². The molecule has 2 bridgehead atoms. The highest BCUT2D eigenvalue weighted by atomic mass is 35.5. The van der Waals surface area contributed by atoms with Gasteiger partial charge in [-0.2, -0.15) is 0 Å². The maximum atomic E-state index is 6.06. The third kappa shape index (κ3) is 1.82. The monoisotopic (exact) mass is 227 g/mol. The highest BCUT2D eigenvalue weighted by Crippen LogP contribution is 2.48. The Morgan fingerprint density at radius 3 is 2.53 bits per heavy atom. The molecule has 2 heteroatoms. The van der Waals surface area contributed by atoms with E-state index in [0.29, 0.717) is 5.54 Å².